The molecule has 1 atom stereocenters. The molecule has 4 nitrogen and oxygen atoms in total. The van der Waals surface area contributed by atoms with E-state index in [1.165, 1.54) is 10.4 Å². The standard InChI is InChI=1S/C26H30N2O2S2/c1-5-30-19-11-9-18(10-12-19)28-24(29)23-21-13-8-17(26(2,3)4)15-22(21)32-25(23)27-16-20-7-6-14-31-20/h6-7,9-12,14,16-17H,5,8,13,15H2,1-4H3,(H,28,29). The van der Waals surface area contributed by atoms with Crippen molar-refractivity contribution < 1.29 is 9.53 Å². The topological polar surface area (TPSA) is 50.7 Å². The predicted octanol–water partition coefficient (Wildman–Crippen LogP) is 7.36. The molecule has 32 heavy (non-hydrogen) atoms. The second kappa shape index (κ2) is 9.59. The van der Waals surface area contributed by atoms with Crippen LogP contribution in [0.4, 0.5) is 10.7 Å². The maximum absolute atomic E-state index is 13.4. The van der Waals surface area contributed by atoms with Gasteiger partial charge in [0.1, 0.15) is 10.8 Å². The predicted molar refractivity (Wildman–Crippen MR) is 136 cm³/mol. The Morgan fingerprint density at radius 2 is 2.03 bits per heavy atom. The zero-order chi connectivity index (χ0) is 22.7. The van der Waals surface area contributed by atoms with Gasteiger partial charge in [-0.05, 0) is 78.8 Å². The molecule has 1 aliphatic rings. The van der Waals surface area contributed by atoms with Gasteiger partial charge < -0.3 is 10.1 Å². The lowest BCUT2D eigenvalue weighted by atomic mass is 9.72. The van der Waals surface area contributed by atoms with E-state index < -0.39 is 0 Å². The molecule has 0 aliphatic heterocycles. The van der Waals surface area contributed by atoms with Crippen LogP contribution in [0.3, 0.4) is 0 Å². The third-order valence-electron chi connectivity index (χ3n) is 5.97. The summed E-state index contributed by atoms with van der Waals surface area (Å²) in [5.41, 5.74) is 2.93. The largest absolute Gasteiger partial charge is 0.494 e. The van der Waals surface area contributed by atoms with E-state index in [1.54, 1.807) is 22.7 Å². The van der Waals surface area contributed by atoms with Gasteiger partial charge in [-0.3, -0.25) is 4.79 Å². The Hall–Kier alpha value is -2.44. The van der Waals surface area contributed by atoms with Crippen LogP contribution in [0.25, 0.3) is 0 Å². The number of carbonyl (C=O) groups is 1. The highest BCUT2D eigenvalue weighted by Gasteiger charge is 2.33. The maximum atomic E-state index is 13.4. The summed E-state index contributed by atoms with van der Waals surface area (Å²) in [4.78, 5) is 20.6. The second-order valence-corrected chi connectivity index (χ2v) is 11.2. The molecular weight excluding hydrogens is 436 g/mol. The lowest BCUT2D eigenvalue weighted by Gasteiger charge is -2.33. The molecule has 0 radical (unpaired) electrons. The van der Waals surface area contributed by atoms with Crippen molar-refractivity contribution in [1.29, 1.82) is 0 Å². The van der Waals surface area contributed by atoms with Gasteiger partial charge in [-0.2, -0.15) is 0 Å². The number of ether oxygens (including phenoxy) is 1. The molecule has 1 amide bonds. The molecule has 0 spiro atoms. The van der Waals surface area contributed by atoms with Crippen molar-refractivity contribution in [3.8, 4) is 5.75 Å². The minimum atomic E-state index is -0.0841. The van der Waals surface area contributed by atoms with Crippen LogP contribution in [0.15, 0.2) is 46.8 Å². The quantitative estimate of drug-likeness (QED) is 0.386. The number of fused-ring (bicyclic) bond motifs is 1. The number of thiophene rings is 2. The van der Waals surface area contributed by atoms with Gasteiger partial charge in [0.05, 0.1) is 12.2 Å². The molecule has 3 aromatic rings. The third-order valence-corrected chi connectivity index (χ3v) is 7.94. The second-order valence-electron chi connectivity index (χ2n) is 9.17. The van der Waals surface area contributed by atoms with Crippen molar-refractivity contribution in [3.05, 3.63) is 62.7 Å². The van der Waals surface area contributed by atoms with Gasteiger partial charge in [0.25, 0.3) is 5.91 Å². The van der Waals surface area contributed by atoms with Crippen LogP contribution in [0.5, 0.6) is 5.75 Å². The Labute approximate surface area is 198 Å². The van der Waals surface area contributed by atoms with E-state index in [2.05, 4.69) is 26.1 Å². The van der Waals surface area contributed by atoms with Crippen molar-refractivity contribution in [2.45, 2.75) is 47.0 Å². The number of hydrogen-bond acceptors (Lipinski definition) is 5. The first-order valence-electron chi connectivity index (χ1n) is 11.1. The number of anilines is 1. The first kappa shape index (κ1) is 22.7. The summed E-state index contributed by atoms with van der Waals surface area (Å²) in [7, 11) is 0. The first-order chi connectivity index (χ1) is 15.3. The van der Waals surface area contributed by atoms with Crippen LogP contribution in [0, 0.1) is 11.3 Å². The number of nitrogens with one attached hydrogen (secondary N) is 1. The van der Waals surface area contributed by atoms with Crippen molar-refractivity contribution >= 4 is 45.5 Å². The Kier molecular flexibility index (Phi) is 6.82. The average molecular weight is 467 g/mol. The minimum absolute atomic E-state index is 0.0841. The van der Waals surface area contributed by atoms with E-state index in [9.17, 15) is 4.79 Å². The molecule has 1 aromatic carbocycles. The number of carbonyl (C=O) groups excluding carboxylic acids is 1. The normalized spacial score (nSPS) is 16.2. The highest BCUT2D eigenvalue weighted by Crippen LogP contribution is 2.45. The van der Waals surface area contributed by atoms with E-state index in [-0.39, 0.29) is 11.3 Å². The zero-order valence-corrected chi connectivity index (χ0v) is 20.7. The van der Waals surface area contributed by atoms with Crippen molar-refractivity contribution in [3.63, 3.8) is 0 Å². The summed E-state index contributed by atoms with van der Waals surface area (Å²) in [5, 5.41) is 5.92. The Morgan fingerprint density at radius 1 is 1.25 bits per heavy atom. The number of benzene rings is 1. The highest BCUT2D eigenvalue weighted by atomic mass is 32.1. The molecule has 1 aliphatic carbocycles. The summed E-state index contributed by atoms with van der Waals surface area (Å²) < 4.78 is 5.51. The SMILES string of the molecule is CCOc1ccc(NC(=O)c2c(N=Cc3cccs3)sc3c2CCC(C(C)(C)C)C3)cc1. The van der Waals surface area contributed by atoms with Gasteiger partial charge >= 0.3 is 0 Å². The number of hydrogen-bond donors (Lipinski definition) is 1. The summed E-state index contributed by atoms with van der Waals surface area (Å²) in [6.07, 6.45) is 4.91. The fourth-order valence-corrected chi connectivity index (χ4v) is 5.97. The van der Waals surface area contributed by atoms with Crippen molar-refractivity contribution in [2.75, 3.05) is 11.9 Å². The Morgan fingerprint density at radius 3 is 2.69 bits per heavy atom. The summed E-state index contributed by atoms with van der Waals surface area (Å²) in [5.74, 6) is 1.33. The van der Waals surface area contributed by atoms with E-state index in [0.29, 0.717) is 12.5 Å². The maximum Gasteiger partial charge on any atom is 0.259 e. The van der Waals surface area contributed by atoms with Gasteiger partial charge in [-0.25, -0.2) is 4.99 Å². The number of nitrogens with zero attached hydrogens (tertiary/aromatic N) is 1. The summed E-state index contributed by atoms with van der Waals surface area (Å²) in [6.45, 7) is 9.51. The number of amides is 1. The van der Waals surface area contributed by atoms with Crippen molar-refractivity contribution in [1.82, 2.24) is 0 Å². The number of aliphatic imine (C=N–C) groups is 1. The van der Waals surface area contributed by atoms with Crippen LogP contribution in [0.2, 0.25) is 0 Å². The van der Waals surface area contributed by atoms with Crippen LogP contribution in [-0.2, 0) is 12.8 Å². The zero-order valence-electron chi connectivity index (χ0n) is 19.1. The molecule has 0 saturated carbocycles. The molecule has 1 unspecified atom stereocenters. The van der Waals surface area contributed by atoms with E-state index >= 15 is 0 Å². The molecule has 1 N–H and O–H groups in total. The minimum Gasteiger partial charge on any atom is -0.494 e. The molecule has 0 bridgehead atoms. The van der Waals surface area contributed by atoms with E-state index in [0.717, 1.165) is 46.1 Å². The molecule has 0 saturated heterocycles. The molecule has 4 rings (SSSR count). The van der Waals surface area contributed by atoms with Crippen molar-refractivity contribution in [2.24, 2.45) is 16.3 Å². The molecule has 0 fully saturated rings. The van der Waals surface area contributed by atoms with Crippen LogP contribution in [0.1, 0.15) is 59.8 Å². The summed E-state index contributed by atoms with van der Waals surface area (Å²) >= 11 is 3.32. The van der Waals surface area contributed by atoms with Crippen LogP contribution < -0.4 is 10.1 Å². The molecular formula is C26H30N2O2S2. The van der Waals surface area contributed by atoms with Gasteiger partial charge in [0.2, 0.25) is 0 Å². The molecule has 6 heteroatoms. The number of rotatable bonds is 6. The lowest BCUT2D eigenvalue weighted by molar-refractivity contribution is 0.102. The smallest absolute Gasteiger partial charge is 0.259 e. The molecule has 2 aromatic heterocycles. The first-order valence-corrected chi connectivity index (χ1v) is 12.8. The lowest BCUT2D eigenvalue weighted by Crippen LogP contribution is -2.27. The Balaban J connectivity index is 1.64. The van der Waals surface area contributed by atoms with Gasteiger partial charge in [-0.15, -0.1) is 22.7 Å². The monoisotopic (exact) mass is 466 g/mol. The average Bonchev–Trinajstić information content (AvgIpc) is 3.40. The van der Waals surface area contributed by atoms with Gasteiger partial charge in [0, 0.05) is 21.7 Å². The van der Waals surface area contributed by atoms with E-state index in [4.69, 9.17) is 9.73 Å². The Bertz CT molecular complexity index is 1090. The summed E-state index contributed by atoms with van der Waals surface area (Å²) in [6, 6.07) is 11.6. The fraction of sp³-hybridized carbons (Fsp3) is 0.385. The molecule has 168 valence electrons. The highest BCUT2D eigenvalue weighted by molar-refractivity contribution is 7.16. The van der Waals surface area contributed by atoms with E-state index in [1.807, 2.05) is 54.9 Å². The van der Waals surface area contributed by atoms with Crippen LogP contribution in [-0.4, -0.2) is 18.7 Å². The van der Waals surface area contributed by atoms with Gasteiger partial charge in [-0.1, -0.05) is 26.8 Å². The molecule has 2 heterocycles. The van der Waals surface area contributed by atoms with Crippen LogP contribution >= 0.6 is 22.7 Å². The fourth-order valence-electron chi connectivity index (χ4n) is 4.12. The third kappa shape index (κ3) is 5.13. The van der Waals surface area contributed by atoms with Gasteiger partial charge in [0.15, 0.2) is 0 Å².